The maximum Gasteiger partial charge on any atom is 0.328 e. The second-order valence-corrected chi connectivity index (χ2v) is 4.30. The van der Waals surface area contributed by atoms with Crippen LogP contribution in [0.4, 0.5) is 0 Å². The number of aliphatic hydroxyl groups excluding tert-OH is 3. The molecule has 0 amide bonds. The van der Waals surface area contributed by atoms with Gasteiger partial charge in [0.25, 0.3) is 5.56 Å². The number of hydrogen-bond donors (Lipinski definition) is 4. The molecule has 0 fully saturated rings. The molecule has 0 spiro atoms. The van der Waals surface area contributed by atoms with Crippen LogP contribution in [0.5, 0.6) is 0 Å². The van der Waals surface area contributed by atoms with E-state index in [-0.39, 0.29) is 5.57 Å². The molecule has 0 aliphatic heterocycles. The van der Waals surface area contributed by atoms with Crippen LogP contribution in [0.2, 0.25) is 0 Å². The Labute approximate surface area is 102 Å². The summed E-state index contributed by atoms with van der Waals surface area (Å²) >= 11 is 0. The van der Waals surface area contributed by atoms with Crippen molar-refractivity contribution in [2.45, 2.75) is 25.2 Å². The molecule has 1 aromatic heterocycles. The van der Waals surface area contributed by atoms with Gasteiger partial charge < -0.3 is 15.3 Å². The monoisotopic (exact) mass is 254 g/mol. The largest absolute Gasteiger partial charge is 0.392 e. The van der Waals surface area contributed by atoms with E-state index >= 15 is 0 Å². The standard InChI is InChI=1S/C11H14N2O5/c1-5-3-13(11(18)12-10(5)17)7-2-6(4-14)8(15)9(7)16/h2-3,7-9,14-16H,4H2,1H3,(H,12,17,18). The Morgan fingerprint density at radius 3 is 2.61 bits per heavy atom. The van der Waals surface area contributed by atoms with Crippen LogP contribution in [0.15, 0.2) is 27.4 Å². The fourth-order valence-corrected chi connectivity index (χ4v) is 2.02. The molecule has 1 aliphatic rings. The first-order valence-electron chi connectivity index (χ1n) is 5.45. The van der Waals surface area contributed by atoms with E-state index in [1.807, 2.05) is 0 Å². The van der Waals surface area contributed by atoms with Crippen molar-refractivity contribution in [2.75, 3.05) is 6.61 Å². The number of aliphatic hydroxyl groups is 3. The topological polar surface area (TPSA) is 116 Å². The van der Waals surface area contributed by atoms with Crippen molar-refractivity contribution in [3.8, 4) is 0 Å². The minimum Gasteiger partial charge on any atom is -0.392 e. The van der Waals surface area contributed by atoms with Gasteiger partial charge in [-0.05, 0) is 12.5 Å². The van der Waals surface area contributed by atoms with Crippen LogP contribution in [0.25, 0.3) is 0 Å². The second kappa shape index (κ2) is 4.52. The lowest BCUT2D eigenvalue weighted by atomic mass is 10.1. The Morgan fingerprint density at radius 1 is 1.39 bits per heavy atom. The predicted molar refractivity (Wildman–Crippen MR) is 62.3 cm³/mol. The third kappa shape index (κ3) is 1.92. The summed E-state index contributed by atoms with van der Waals surface area (Å²) in [6.07, 6.45) is 0.307. The van der Waals surface area contributed by atoms with Crippen LogP contribution in [0, 0.1) is 6.92 Å². The molecule has 0 saturated carbocycles. The highest BCUT2D eigenvalue weighted by Gasteiger charge is 2.35. The lowest BCUT2D eigenvalue weighted by Gasteiger charge is -2.19. The summed E-state index contributed by atoms with van der Waals surface area (Å²) < 4.78 is 1.13. The van der Waals surface area contributed by atoms with Gasteiger partial charge in [0.2, 0.25) is 0 Å². The molecule has 3 atom stereocenters. The van der Waals surface area contributed by atoms with Gasteiger partial charge in [-0.3, -0.25) is 14.3 Å². The van der Waals surface area contributed by atoms with E-state index in [4.69, 9.17) is 5.11 Å². The highest BCUT2D eigenvalue weighted by molar-refractivity contribution is 5.23. The van der Waals surface area contributed by atoms with Gasteiger partial charge in [-0.2, -0.15) is 0 Å². The van der Waals surface area contributed by atoms with Gasteiger partial charge in [-0.15, -0.1) is 0 Å². The average molecular weight is 254 g/mol. The Balaban J connectivity index is 2.51. The van der Waals surface area contributed by atoms with Crippen molar-refractivity contribution in [1.82, 2.24) is 9.55 Å². The molecule has 1 heterocycles. The van der Waals surface area contributed by atoms with Crippen LogP contribution >= 0.6 is 0 Å². The first-order valence-corrected chi connectivity index (χ1v) is 5.45. The molecule has 0 saturated heterocycles. The fraction of sp³-hybridized carbons (Fsp3) is 0.455. The molecule has 18 heavy (non-hydrogen) atoms. The molecule has 0 aromatic carbocycles. The summed E-state index contributed by atoms with van der Waals surface area (Å²) in [6, 6.07) is -0.801. The van der Waals surface area contributed by atoms with Crippen molar-refractivity contribution < 1.29 is 15.3 Å². The average Bonchev–Trinajstić information content (AvgIpc) is 2.61. The number of nitrogens with one attached hydrogen (secondary N) is 1. The van der Waals surface area contributed by atoms with E-state index in [1.165, 1.54) is 19.2 Å². The lowest BCUT2D eigenvalue weighted by molar-refractivity contribution is 0.0271. The first kappa shape index (κ1) is 12.7. The predicted octanol–water partition coefficient (Wildman–Crippen LogP) is -1.96. The number of H-pyrrole nitrogens is 1. The molecule has 1 aromatic rings. The fourth-order valence-electron chi connectivity index (χ4n) is 2.02. The summed E-state index contributed by atoms with van der Waals surface area (Å²) in [5, 5.41) is 28.5. The summed E-state index contributed by atoms with van der Waals surface area (Å²) in [7, 11) is 0. The molecular formula is C11H14N2O5. The molecule has 7 heteroatoms. The SMILES string of the molecule is Cc1cn(C2C=C(CO)C(O)C2O)c(=O)[nH]c1=O. The van der Waals surface area contributed by atoms with Crippen LogP contribution < -0.4 is 11.2 Å². The molecule has 0 radical (unpaired) electrons. The number of nitrogens with zero attached hydrogens (tertiary/aromatic N) is 1. The Kier molecular flexibility index (Phi) is 3.20. The molecule has 98 valence electrons. The summed E-state index contributed by atoms with van der Waals surface area (Å²) in [6.45, 7) is 1.13. The van der Waals surface area contributed by atoms with E-state index in [2.05, 4.69) is 4.98 Å². The minimum atomic E-state index is -1.23. The Hall–Kier alpha value is -1.70. The Bertz CT molecular complexity index is 600. The smallest absolute Gasteiger partial charge is 0.328 e. The quantitative estimate of drug-likeness (QED) is 0.457. The van der Waals surface area contributed by atoms with Gasteiger partial charge in [0.15, 0.2) is 0 Å². The van der Waals surface area contributed by atoms with E-state index in [1.54, 1.807) is 0 Å². The molecule has 4 N–H and O–H groups in total. The van der Waals surface area contributed by atoms with Crippen LogP contribution in [-0.2, 0) is 0 Å². The molecule has 0 bridgehead atoms. The number of aromatic nitrogens is 2. The van der Waals surface area contributed by atoms with Gasteiger partial charge in [-0.25, -0.2) is 4.79 Å². The molecule has 3 unspecified atom stereocenters. The van der Waals surface area contributed by atoms with Gasteiger partial charge >= 0.3 is 5.69 Å². The van der Waals surface area contributed by atoms with Crippen molar-refractivity contribution in [3.63, 3.8) is 0 Å². The van der Waals surface area contributed by atoms with E-state index in [9.17, 15) is 19.8 Å². The van der Waals surface area contributed by atoms with Crippen molar-refractivity contribution in [3.05, 3.63) is 44.2 Å². The zero-order valence-corrected chi connectivity index (χ0v) is 9.70. The van der Waals surface area contributed by atoms with Gasteiger partial charge in [0, 0.05) is 11.8 Å². The highest BCUT2D eigenvalue weighted by Crippen LogP contribution is 2.27. The minimum absolute atomic E-state index is 0.253. The van der Waals surface area contributed by atoms with Crippen molar-refractivity contribution in [1.29, 1.82) is 0 Å². The van der Waals surface area contributed by atoms with Crippen molar-refractivity contribution in [2.24, 2.45) is 0 Å². The van der Waals surface area contributed by atoms with E-state index in [0.29, 0.717) is 5.56 Å². The molecule has 2 rings (SSSR count). The Morgan fingerprint density at radius 2 is 2.06 bits per heavy atom. The summed E-state index contributed by atoms with van der Waals surface area (Å²) in [5.41, 5.74) is -0.585. The van der Waals surface area contributed by atoms with E-state index in [0.717, 1.165) is 4.57 Å². The van der Waals surface area contributed by atoms with Crippen molar-refractivity contribution >= 4 is 0 Å². The van der Waals surface area contributed by atoms with Crippen LogP contribution in [-0.4, -0.2) is 43.7 Å². The molecule has 7 nitrogen and oxygen atoms in total. The second-order valence-electron chi connectivity index (χ2n) is 4.30. The number of aryl methyl sites for hydroxylation is 1. The zero-order valence-electron chi connectivity index (χ0n) is 9.70. The third-order valence-electron chi connectivity index (χ3n) is 3.09. The normalized spacial score (nSPS) is 27.3. The number of rotatable bonds is 2. The van der Waals surface area contributed by atoms with Gasteiger partial charge in [0.1, 0.15) is 12.2 Å². The number of aromatic amines is 1. The zero-order chi connectivity index (χ0) is 13.4. The van der Waals surface area contributed by atoms with E-state index < -0.39 is 36.1 Å². The summed E-state index contributed by atoms with van der Waals surface area (Å²) in [5.74, 6) is 0. The number of hydrogen-bond acceptors (Lipinski definition) is 5. The first-order chi connectivity index (χ1) is 8.45. The van der Waals surface area contributed by atoms with Gasteiger partial charge in [-0.1, -0.05) is 6.08 Å². The summed E-state index contributed by atoms with van der Waals surface area (Å²) in [4.78, 5) is 25.0. The molecular weight excluding hydrogens is 240 g/mol. The highest BCUT2D eigenvalue weighted by atomic mass is 16.3. The maximum absolute atomic E-state index is 11.6. The molecule has 1 aliphatic carbocycles. The van der Waals surface area contributed by atoms with Crippen LogP contribution in [0.1, 0.15) is 11.6 Å². The van der Waals surface area contributed by atoms with Crippen LogP contribution in [0.3, 0.4) is 0 Å². The third-order valence-corrected chi connectivity index (χ3v) is 3.09. The lowest BCUT2D eigenvalue weighted by Crippen LogP contribution is -2.38. The maximum atomic E-state index is 11.6. The van der Waals surface area contributed by atoms with Gasteiger partial charge in [0.05, 0.1) is 12.6 Å².